The van der Waals surface area contributed by atoms with Gasteiger partial charge in [-0.2, -0.15) is 5.26 Å². The van der Waals surface area contributed by atoms with Gasteiger partial charge >= 0.3 is 0 Å². The van der Waals surface area contributed by atoms with Gasteiger partial charge in [-0.05, 0) is 35.9 Å². The highest BCUT2D eigenvalue weighted by Crippen LogP contribution is 2.27. The van der Waals surface area contributed by atoms with E-state index in [2.05, 4.69) is 5.32 Å². The maximum atomic E-state index is 12.2. The fourth-order valence-electron chi connectivity index (χ4n) is 1.98. The Hall–Kier alpha value is -2.74. The van der Waals surface area contributed by atoms with Gasteiger partial charge in [0.25, 0.3) is 5.91 Å². The van der Waals surface area contributed by atoms with Gasteiger partial charge in [0.1, 0.15) is 17.4 Å². The number of anilines is 1. The molecule has 0 bridgehead atoms. The number of nitriles is 1. The molecule has 0 heterocycles. The predicted molar refractivity (Wildman–Crippen MR) is 101 cm³/mol. The second-order valence-corrected chi connectivity index (χ2v) is 5.76. The third-order valence-electron chi connectivity index (χ3n) is 3.16. The summed E-state index contributed by atoms with van der Waals surface area (Å²) in [7, 11) is 1.50. The molecule has 0 unspecified atom stereocenters. The Labute approximate surface area is 155 Å². The first-order valence-electron chi connectivity index (χ1n) is 7.22. The van der Waals surface area contributed by atoms with E-state index in [1.807, 2.05) is 36.4 Å². The molecule has 0 aliphatic heterocycles. The van der Waals surface area contributed by atoms with Crippen molar-refractivity contribution in [1.82, 2.24) is 0 Å². The molecule has 1 amide bonds. The van der Waals surface area contributed by atoms with Crippen molar-refractivity contribution in [2.75, 3.05) is 12.4 Å². The Morgan fingerprint density at radius 2 is 1.96 bits per heavy atom. The number of benzene rings is 2. The summed E-state index contributed by atoms with van der Waals surface area (Å²) in [6.07, 6.45) is 2.98. The molecule has 0 saturated heterocycles. The lowest BCUT2D eigenvalue weighted by molar-refractivity contribution is -0.112. The minimum atomic E-state index is -0.580. The smallest absolute Gasteiger partial charge is 0.266 e. The topological polar surface area (TPSA) is 62.1 Å². The summed E-state index contributed by atoms with van der Waals surface area (Å²) in [6, 6.07) is 16.0. The molecule has 0 aliphatic carbocycles. The Morgan fingerprint density at radius 1 is 1.24 bits per heavy atom. The van der Waals surface area contributed by atoms with Crippen molar-refractivity contribution < 1.29 is 9.53 Å². The minimum Gasteiger partial charge on any atom is -0.495 e. The molecule has 126 valence electrons. The van der Waals surface area contributed by atoms with Crippen LogP contribution in [-0.4, -0.2) is 13.0 Å². The van der Waals surface area contributed by atoms with Gasteiger partial charge < -0.3 is 10.1 Å². The Kier molecular flexibility index (Phi) is 6.64. The number of carbonyl (C=O) groups is 1. The molecule has 6 heteroatoms. The number of nitrogens with zero attached hydrogens (tertiary/aromatic N) is 1. The maximum Gasteiger partial charge on any atom is 0.266 e. The summed E-state index contributed by atoms with van der Waals surface area (Å²) in [5.74, 6) is -0.0899. The Morgan fingerprint density at radius 3 is 2.56 bits per heavy atom. The molecule has 0 saturated carbocycles. The van der Waals surface area contributed by atoms with Gasteiger partial charge in [-0.15, -0.1) is 0 Å². The average Bonchev–Trinajstić information content (AvgIpc) is 2.60. The van der Waals surface area contributed by atoms with E-state index < -0.39 is 5.91 Å². The van der Waals surface area contributed by atoms with Crippen LogP contribution in [0, 0.1) is 11.3 Å². The van der Waals surface area contributed by atoms with Crippen molar-refractivity contribution in [2.24, 2.45) is 0 Å². The van der Waals surface area contributed by atoms with Crippen molar-refractivity contribution >= 4 is 40.9 Å². The maximum absolute atomic E-state index is 12.2. The number of rotatable bonds is 5. The van der Waals surface area contributed by atoms with Gasteiger partial charge in [0.2, 0.25) is 0 Å². The molecule has 0 aromatic heterocycles. The van der Waals surface area contributed by atoms with Gasteiger partial charge in [0.15, 0.2) is 0 Å². The number of amides is 1. The third-order valence-corrected chi connectivity index (χ3v) is 3.67. The highest BCUT2D eigenvalue weighted by molar-refractivity contribution is 6.34. The lowest BCUT2D eigenvalue weighted by Crippen LogP contribution is -2.13. The molecule has 0 fully saturated rings. The zero-order valence-corrected chi connectivity index (χ0v) is 14.8. The van der Waals surface area contributed by atoms with Crippen LogP contribution < -0.4 is 10.1 Å². The van der Waals surface area contributed by atoms with Crippen molar-refractivity contribution in [2.45, 2.75) is 0 Å². The number of methoxy groups -OCH3 is 1. The SMILES string of the molecule is COc1ccc(NC(=O)/C(C#N)=C/C(Cl)=C/c2ccccc2)cc1Cl. The van der Waals surface area contributed by atoms with Crippen LogP contribution in [0.3, 0.4) is 0 Å². The van der Waals surface area contributed by atoms with E-state index in [1.54, 1.807) is 18.2 Å². The van der Waals surface area contributed by atoms with Crippen LogP contribution in [0.15, 0.2) is 65.2 Å². The molecule has 2 aromatic rings. The van der Waals surface area contributed by atoms with Gasteiger partial charge in [0.05, 0.1) is 12.1 Å². The van der Waals surface area contributed by atoms with Crippen molar-refractivity contribution in [1.29, 1.82) is 5.26 Å². The number of halogens is 2. The zero-order valence-electron chi connectivity index (χ0n) is 13.3. The summed E-state index contributed by atoms with van der Waals surface area (Å²) in [5, 5.41) is 12.4. The monoisotopic (exact) mass is 372 g/mol. The van der Waals surface area contributed by atoms with Crippen LogP contribution in [0.25, 0.3) is 6.08 Å². The molecule has 2 rings (SSSR count). The predicted octanol–water partition coefficient (Wildman–Crippen LogP) is 5.02. The van der Waals surface area contributed by atoms with Gasteiger partial charge in [-0.25, -0.2) is 0 Å². The average molecular weight is 373 g/mol. The van der Waals surface area contributed by atoms with E-state index in [1.165, 1.54) is 19.3 Å². The van der Waals surface area contributed by atoms with E-state index in [0.29, 0.717) is 16.5 Å². The van der Waals surface area contributed by atoms with Crippen LogP contribution >= 0.6 is 23.2 Å². The molecule has 0 aliphatic rings. The van der Waals surface area contributed by atoms with Gasteiger partial charge in [-0.1, -0.05) is 53.5 Å². The standard InChI is InChI=1S/C19H14Cl2N2O2/c1-25-18-8-7-16(11-17(18)21)23-19(24)14(12-22)10-15(20)9-13-5-3-2-4-6-13/h2-11H,1H3,(H,23,24)/b14-10+,15-9-. The third kappa shape index (κ3) is 5.39. The second kappa shape index (κ2) is 8.93. The number of hydrogen-bond donors (Lipinski definition) is 1. The fraction of sp³-hybridized carbons (Fsp3) is 0.0526. The van der Waals surface area contributed by atoms with Gasteiger partial charge in [-0.3, -0.25) is 4.79 Å². The van der Waals surface area contributed by atoms with Crippen LogP contribution in [0.4, 0.5) is 5.69 Å². The molecule has 0 atom stereocenters. The number of carbonyl (C=O) groups excluding carboxylic acids is 1. The molecular weight excluding hydrogens is 359 g/mol. The highest BCUT2D eigenvalue weighted by Gasteiger charge is 2.11. The summed E-state index contributed by atoms with van der Waals surface area (Å²) in [4.78, 5) is 12.2. The van der Waals surface area contributed by atoms with E-state index in [4.69, 9.17) is 27.9 Å². The largest absolute Gasteiger partial charge is 0.495 e. The summed E-state index contributed by atoms with van der Waals surface area (Å²) in [6.45, 7) is 0. The first-order chi connectivity index (χ1) is 12.0. The number of ether oxygens (including phenoxy) is 1. The fourth-order valence-corrected chi connectivity index (χ4v) is 2.47. The highest BCUT2D eigenvalue weighted by atomic mass is 35.5. The van der Waals surface area contributed by atoms with Crippen LogP contribution in [-0.2, 0) is 4.79 Å². The van der Waals surface area contributed by atoms with E-state index >= 15 is 0 Å². The number of nitrogens with one attached hydrogen (secondary N) is 1. The van der Waals surface area contributed by atoms with Crippen LogP contribution in [0.2, 0.25) is 5.02 Å². The summed E-state index contributed by atoms with van der Waals surface area (Å²) >= 11 is 12.1. The lowest BCUT2D eigenvalue weighted by atomic mass is 10.2. The molecule has 25 heavy (non-hydrogen) atoms. The van der Waals surface area contributed by atoms with E-state index in [-0.39, 0.29) is 10.6 Å². The van der Waals surface area contributed by atoms with Crippen LogP contribution in [0.5, 0.6) is 5.75 Å². The van der Waals surface area contributed by atoms with Gasteiger partial charge in [0, 0.05) is 10.7 Å². The van der Waals surface area contributed by atoms with Crippen molar-refractivity contribution in [3.05, 3.63) is 75.8 Å². The molecule has 1 N–H and O–H groups in total. The first kappa shape index (κ1) is 18.6. The summed E-state index contributed by atoms with van der Waals surface area (Å²) in [5.41, 5.74) is 1.19. The minimum absolute atomic E-state index is 0.121. The Bertz CT molecular complexity index is 869. The molecule has 4 nitrogen and oxygen atoms in total. The Balaban J connectivity index is 2.17. The van der Waals surface area contributed by atoms with E-state index in [9.17, 15) is 10.1 Å². The summed E-state index contributed by atoms with van der Waals surface area (Å²) < 4.78 is 5.05. The zero-order chi connectivity index (χ0) is 18.2. The quantitative estimate of drug-likeness (QED) is 0.455. The van der Waals surface area contributed by atoms with E-state index in [0.717, 1.165) is 5.56 Å². The molecular formula is C19H14Cl2N2O2. The molecule has 0 radical (unpaired) electrons. The molecule has 2 aromatic carbocycles. The molecule has 0 spiro atoms. The van der Waals surface area contributed by atoms with Crippen molar-refractivity contribution in [3.63, 3.8) is 0 Å². The lowest BCUT2D eigenvalue weighted by Gasteiger charge is -2.07. The number of allylic oxidation sites excluding steroid dienone is 2. The second-order valence-electron chi connectivity index (χ2n) is 4.91. The first-order valence-corrected chi connectivity index (χ1v) is 7.98. The number of hydrogen-bond acceptors (Lipinski definition) is 3. The van der Waals surface area contributed by atoms with Crippen molar-refractivity contribution in [3.8, 4) is 11.8 Å². The normalized spacial score (nSPS) is 11.6. The van der Waals surface area contributed by atoms with Crippen LogP contribution in [0.1, 0.15) is 5.56 Å².